The van der Waals surface area contributed by atoms with Gasteiger partial charge in [0.15, 0.2) is 12.4 Å². The van der Waals surface area contributed by atoms with Crippen LogP contribution in [0.1, 0.15) is 46.9 Å². The molecule has 2 aliphatic rings. The SMILES string of the molecule is C[C@@H]1CC[C@H]2C(=O)N(c3ccc(C(=O)OCC(=O)c4ccc(Br)cc4)cc3)C(=O)[C@@H]2C1. The number of carbonyl (C=O) groups excluding carboxylic acids is 4. The molecule has 1 aliphatic heterocycles. The number of fused-ring (bicyclic) bond motifs is 1. The monoisotopic (exact) mass is 483 g/mol. The van der Waals surface area contributed by atoms with E-state index in [1.54, 1.807) is 36.4 Å². The van der Waals surface area contributed by atoms with Crippen LogP contribution >= 0.6 is 15.9 Å². The van der Waals surface area contributed by atoms with Gasteiger partial charge >= 0.3 is 5.97 Å². The van der Waals surface area contributed by atoms with Crippen LogP contribution < -0.4 is 4.90 Å². The van der Waals surface area contributed by atoms with Crippen molar-refractivity contribution in [2.45, 2.75) is 26.2 Å². The number of ether oxygens (including phenoxy) is 1. The topological polar surface area (TPSA) is 80.8 Å². The van der Waals surface area contributed by atoms with Crippen LogP contribution in [0.4, 0.5) is 5.69 Å². The molecule has 4 rings (SSSR count). The van der Waals surface area contributed by atoms with E-state index in [4.69, 9.17) is 4.74 Å². The molecule has 2 aromatic rings. The van der Waals surface area contributed by atoms with E-state index < -0.39 is 5.97 Å². The van der Waals surface area contributed by atoms with Gasteiger partial charge in [-0.2, -0.15) is 0 Å². The summed E-state index contributed by atoms with van der Waals surface area (Å²) in [6, 6.07) is 12.9. The van der Waals surface area contributed by atoms with Gasteiger partial charge in [-0.3, -0.25) is 19.3 Å². The number of ketones is 1. The molecule has 2 amide bonds. The summed E-state index contributed by atoms with van der Waals surface area (Å²) in [5.74, 6) is -1.30. The van der Waals surface area contributed by atoms with Gasteiger partial charge in [0.25, 0.3) is 0 Å². The summed E-state index contributed by atoms with van der Waals surface area (Å²) < 4.78 is 5.98. The number of carbonyl (C=O) groups is 4. The molecule has 0 unspecified atom stereocenters. The number of rotatable bonds is 5. The molecule has 7 heteroatoms. The fourth-order valence-electron chi connectivity index (χ4n) is 4.32. The van der Waals surface area contributed by atoms with Gasteiger partial charge in [0, 0.05) is 10.0 Å². The van der Waals surface area contributed by atoms with Gasteiger partial charge in [-0.05, 0) is 61.6 Å². The molecule has 3 atom stereocenters. The highest BCUT2D eigenvalue weighted by molar-refractivity contribution is 9.10. The van der Waals surface area contributed by atoms with Gasteiger partial charge in [-0.25, -0.2) is 4.79 Å². The second-order valence-corrected chi connectivity index (χ2v) is 9.11. The zero-order chi connectivity index (χ0) is 22.1. The van der Waals surface area contributed by atoms with E-state index in [-0.39, 0.29) is 41.6 Å². The predicted octanol–water partition coefficient (Wildman–Crippen LogP) is 4.41. The van der Waals surface area contributed by atoms with Gasteiger partial charge in [0.2, 0.25) is 11.8 Å². The number of anilines is 1. The highest BCUT2D eigenvalue weighted by atomic mass is 79.9. The summed E-state index contributed by atoms with van der Waals surface area (Å²) in [6.45, 7) is 1.74. The fraction of sp³-hybridized carbons (Fsp3) is 0.333. The Balaban J connectivity index is 1.40. The maximum absolute atomic E-state index is 12.8. The molecule has 0 spiro atoms. The standard InChI is InChI=1S/C24H22BrNO5/c1-14-2-11-19-20(12-14)23(29)26(22(19)28)18-9-5-16(6-10-18)24(30)31-13-21(27)15-3-7-17(25)8-4-15/h3-10,14,19-20H,2,11-13H2,1H3/t14-,19-,20-/m1/s1. The first-order chi connectivity index (χ1) is 14.8. The highest BCUT2D eigenvalue weighted by Gasteiger charge is 2.49. The first-order valence-corrected chi connectivity index (χ1v) is 11.1. The largest absolute Gasteiger partial charge is 0.454 e. The Morgan fingerprint density at radius 1 is 0.935 bits per heavy atom. The van der Waals surface area contributed by atoms with Crippen LogP contribution in [-0.4, -0.2) is 30.2 Å². The van der Waals surface area contributed by atoms with E-state index in [9.17, 15) is 19.2 Å². The summed E-state index contributed by atoms with van der Waals surface area (Å²) in [5.41, 5.74) is 1.16. The normalized spacial score (nSPS) is 22.9. The average molecular weight is 484 g/mol. The molecule has 0 radical (unpaired) electrons. The second-order valence-electron chi connectivity index (χ2n) is 8.20. The predicted molar refractivity (Wildman–Crippen MR) is 118 cm³/mol. The van der Waals surface area contributed by atoms with E-state index >= 15 is 0 Å². The van der Waals surface area contributed by atoms with E-state index in [1.807, 2.05) is 0 Å². The second kappa shape index (κ2) is 8.75. The van der Waals surface area contributed by atoms with Crippen molar-refractivity contribution in [1.29, 1.82) is 0 Å². The minimum atomic E-state index is -0.640. The molecule has 2 aromatic carbocycles. The number of benzene rings is 2. The molecule has 1 aliphatic carbocycles. The van der Waals surface area contributed by atoms with Gasteiger partial charge in [-0.1, -0.05) is 35.0 Å². The number of hydrogen-bond acceptors (Lipinski definition) is 5. The number of amides is 2. The number of halogens is 1. The van der Waals surface area contributed by atoms with E-state index in [1.165, 1.54) is 17.0 Å². The van der Waals surface area contributed by atoms with Crippen molar-refractivity contribution >= 4 is 45.2 Å². The average Bonchev–Trinajstić information content (AvgIpc) is 3.02. The summed E-state index contributed by atoms with van der Waals surface area (Å²) in [5, 5.41) is 0. The van der Waals surface area contributed by atoms with Crippen LogP contribution in [0.3, 0.4) is 0 Å². The lowest BCUT2D eigenvalue weighted by Gasteiger charge is -2.25. The molecule has 2 fully saturated rings. The third-order valence-electron chi connectivity index (χ3n) is 6.05. The quantitative estimate of drug-likeness (QED) is 0.357. The molecule has 0 N–H and O–H groups in total. The van der Waals surface area contributed by atoms with Crippen molar-refractivity contribution in [3.63, 3.8) is 0 Å². The number of nitrogens with zero attached hydrogens (tertiary/aromatic N) is 1. The Morgan fingerprint density at radius 3 is 2.23 bits per heavy atom. The zero-order valence-electron chi connectivity index (χ0n) is 17.0. The Labute approximate surface area is 188 Å². The maximum Gasteiger partial charge on any atom is 0.338 e. The lowest BCUT2D eigenvalue weighted by Crippen LogP contribution is -2.30. The fourth-order valence-corrected chi connectivity index (χ4v) is 4.59. The number of esters is 1. The Hall–Kier alpha value is -2.80. The molecular weight excluding hydrogens is 462 g/mol. The number of imide groups is 1. The van der Waals surface area contributed by atoms with Crippen molar-refractivity contribution in [2.75, 3.05) is 11.5 Å². The maximum atomic E-state index is 12.8. The van der Waals surface area contributed by atoms with Gasteiger partial charge in [0.1, 0.15) is 0 Å². The van der Waals surface area contributed by atoms with Crippen LogP contribution in [0.15, 0.2) is 53.0 Å². The first-order valence-electron chi connectivity index (χ1n) is 10.3. The van der Waals surface area contributed by atoms with E-state index in [0.717, 1.165) is 23.7 Å². The number of hydrogen-bond donors (Lipinski definition) is 0. The summed E-state index contributed by atoms with van der Waals surface area (Å²) in [4.78, 5) is 51.3. The van der Waals surface area contributed by atoms with Crippen molar-refractivity contribution < 1.29 is 23.9 Å². The molecule has 31 heavy (non-hydrogen) atoms. The Bertz CT molecular complexity index is 1030. The van der Waals surface area contributed by atoms with Crippen LogP contribution in [0, 0.1) is 17.8 Å². The smallest absolute Gasteiger partial charge is 0.338 e. The highest BCUT2D eigenvalue weighted by Crippen LogP contribution is 2.42. The molecule has 6 nitrogen and oxygen atoms in total. The zero-order valence-corrected chi connectivity index (χ0v) is 18.6. The summed E-state index contributed by atoms with van der Waals surface area (Å²) >= 11 is 3.30. The van der Waals surface area contributed by atoms with Gasteiger partial charge in [0.05, 0.1) is 23.1 Å². The molecule has 1 saturated carbocycles. The summed E-state index contributed by atoms with van der Waals surface area (Å²) in [7, 11) is 0. The Kier molecular flexibility index (Phi) is 6.05. The van der Waals surface area contributed by atoms with Crippen molar-refractivity contribution in [3.05, 3.63) is 64.1 Å². The summed E-state index contributed by atoms with van der Waals surface area (Å²) in [6.07, 6.45) is 2.43. The molecule has 1 saturated heterocycles. The lowest BCUT2D eigenvalue weighted by molar-refractivity contribution is -0.122. The number of Topliss-reactive ketones (excluding diaryl/α,β-unsaturated/α-hetero) is 1. The van der Waals surface area contributed by atoms with Crippen LogP contribution in [0.5, 0.6) is 0 Å². The van der Waals surface area contributed by atoms with E-state index in [2.05, 4.69) is 22.9 Å². The molecule has 1 heterocycles. The van der Waals surface area contributed by atoms with Crippen molar-refractivity contribution in [1.82, 2.24) is 0 Å². The van der Waals surface area contributed by atoms with Crippen LogP contribution in [0.25, 0.3) is 0 Å². The van der Waals surface area contributed by atoms with E-state index in [0.29, 0.717) is 17.2 Å². The minimum Gasteiger partial charge on any atom is -0.454 e. The molecule has 0 aromatic heterocycles. The van der Waals surface area contributed by atoms with Crippen LogP contribution in [-0.2, 0) is 14.3 Å². The van der Waals surface area contributed by atoms with Gasteiger partial charge < -0.3 is 4.74 Å². The van der Waals surface area contributed by atoms with Crippen molar-refractivity contribution in [3.8, 4) is 0 Å². The van der Waals surface area contributed by atoms with Gasteiger partial charge in [-0.15, -0.1) is 0 Å². The molecule has 160 valence electrons. The van der Waals surface area contributed by atoms with Crippen LogP contribution in [0.2, 0.25) is 0 Å². The minimum absolute atomic E-state index is 0.155. The third kappa shape index (κ3) is 4.32. The third-order valence-corrected chi connectivity index (χ3v) is 6.58. The first kappa shape index (κ1) is 21.4. The lowest BCUT2D eigenvalue weighted by atomic mass is 9.76. The molecule has 0 bridgehead atoms. The Morgan fingerprint density at radius 2 is 1.55 bits per heavy atom. The molecular formula is C24H22BrNO5. The van der Waals surface area contributed by atoms with Crippen molar-refractivity contribution in [2.24, 2.45) is 17.8 Å².